The summed E-state index contributed by atoms with van der Waals surface area (Å²) in [5.74, 6) is 1.65. The minimum atomic E-state index is 0.237. The van der Waals surface area contributed by atoms with Gasteiger partial charge in [0.25, 0.3) is 0 Å². The summed E-state index contributed by atoms with van der Waals surface area (Å²) in [4.78, 5) is 23.2. The van der Waals surface area contributed by atoms with Crippen molar-refractivity contribution >= 4 is 28.5 Å². The summed E-state index contributed by atoms with van der Waals surface area (Å²) < 4.78 is 16.9. The number of H-pyrrole nitrogens is 1. The molecular weight excluding hydrogens is 434 g/mol. The van der Waals surface area contributed by atoms with Crippen molar-refractivity contribution in [3.63, 3.8) is 0 Å². The van der Waals surface area contributed by atoms with Gasteiger partial charge in [-0.2, -0.15) is 15.0 Å². The number of morpholine rings is 1. The van der Waals surface area contributed by atoms with Crippen LogP contribution in [0.4, 0.5) is 17.6 Å². The fourth-order valence-electron chi connectivity index (χ4n) is 3.78. The molecule has 4 aromatic rings. The molecular formula is C24H27N7O3. The number of hydrogen-bond acceptors (Lipinski definition) is 9. The standard InChI is InChI=1S/C24H27N7O3/c1-16-17(2)26-21-14-18(5-6-20(16)21)27-22-28-23(31-8-10-32-11-9-31)30-24(29-22)34-13-12-33-19-4-3-7-25-15-19/h3-7,14-15,26H,8-13H2,1-2H3,(H,27,28,29,30). The Morgan fingerprint density at radius 1 is 1.06 bits per heavy atom. The van der Waals surface area contributed by atoms with Gasteiger partial charge in [0.1, 0.15) is 19.0 Å². The van der Waals surface area contributed by atoms with Crippen LogP contribution in [0.1, 0.15) is 11.3 Å². The molecule has 3 aromatic heterocycles. The highest BCUT2D eigenvalue weighted by Crippen LogP contribution is 2.26. The highest BCUT2D eigenvalue weighted by molar-refractivity contribution is 5.87. The minimum Gasteiger partial charge on any atom is -0.488 e. The largest absolute Gasteiger partial charge is 0.488 e. The summed E-state index contributed by atoms with van der Waals surface area (Å²) in [6, 6.07) is 10.1. The van der Waals surface area contributed by atoms with Crippen molar-refractivity contribution < 1.29 is 14.2 Å². The molecule has 0 atom stereocenters. The molecule has 0 spiro atoms. The summed E-state index contributed by atoms with van der Waals surface area (Å²) in [7, 11) is 0. The smallest absolute Gasteiger partial charge is 0.323 e. The van der Waals surface area contributed by atoms with Crippen molar-refractivity contribution in [2.24, 2.45) is 0 Å². The van der Waals surface area contributed by atoms with Gasteiger partial charge in [-0.25, -0.2) is 0 Å². The first-order chi connectivity index (χ1) is 16.7. The molecule has 176 valence electrons. The Balaban J connectivity index is 1.33. The molecule has 0 amide bonds. The van der Waals surface area contributed by atoms with Crippen LogP contribution in [-0.4, -0.2) is 64.4 Å². The number of nitrogens with one attached hydrogen (secondary N) is 2. The van der Waals surface area contributed by atoms with Crippen molar-refractivity contribution in [2.45, 2.75) is 13.8 Å². The van der Waals surface area contributed by atoms with E-state index < -0.39 is 0 Å². The van der Waals surface area contributed by atoms with Gasteiger partial charge >= 0.3 is 6.01 Å². The van der Waals surface area contributed by atoms with Crippen LogP contribution < -0.4 is 19.7 Å². The number of nitrogens with zero attached hydrogens (tertiary/aromatic N) is 5. The van der Waals surface area contributed by atoms with E-state index in [0.29, 0.717) is 50.6 Å². The maximum absolute atomic E-state index is 5.82. The van der Waals surface area contributed by atoms with Gasteiger partial charge in [-0.15, -0.1) is 0 Å². The molecule has 1 aliphatic rings. The number of hydrogen-bond donors (Lipinski definition) is 2. The number of benzene rings is 1. The maximum Gasteiger partial charge on any atom is 0.323 e. The average molecular weight is 462 g/mol. The van der Waals surface area contributed by atoms with Gasteiger partial charge < -0.3 is 29.4 Å². The van der Waals surface area contributed by atoms with Crippen molar-refractivity contribution in [1.82, 2.24) is 24.9 Å². The van der Waals surface area contributed by atoms with Gasteiger partial charge in [0, 0.05) is 41.6 Å². The first kappa shape index (κ1) is 21.9. The molecule has 0 bridgehead atoms. The average Bonchev–Trinajstić information content (AvgIpc) is 3.15. The number of aromatic amines is 1. The van der Waals surface area contributed by atoms with Crippen LogP contribution in [0.5, 0.6) is 11.8 Å². The highest BCUT2D eigenvalue weighted by atomic mass is 16.5. The van der Waals surface area contributed by atoms with E-state index in [9.17, 15) is 0 Å². The number of aryl methyl sites for hydroxylation is 2. The number of rotatable bonds is 8. The molecule has 10 heteroatoms. The van der Waals surface area contributed by atoms with E-state index in [2.05, 4.69) is 61.1 Å². The Labute approximate surface area is 197 Å². The van der Waals surface area contributed by atoms with Crippen molar-refractivity contribution in [1.29, 1.82) is 0 Å². The fraction of sp³-hybridized carbons (Fsp3) is 0.333. The van der Waals surface area contributed by atoms with Crippen LogP contribution in [0.15, 0.2) is 42.7 Å². The van der Waals surface area contributed by atoms with Gasteiger partial charge in [0.05, 0.1) is 19.4 Å². The quantitative estimate of drug-likeness (QED) is 0.381. The lowest BCUT2D eigenvalue weighted by Crippen LogP contribution is -2.37. The normalized spacial score (nSPS) is 13.8. The zero-order chi connectivity index (χ0) is 23.3. The van der Waals surface area contributed by atoms with E-state index in [1.165, 1.54) is 10.9 Å². The Morgan fingerprint density at radius 2 is 1.91 bits per heavy atom. The summed E-state index contributed by atoms with van der Waals surface area (Å²) in [5, 5.41) is 4.50. The van der Waals surface area contributed by atoms with Crippen LogP contribution in [0.3, 0.4) is 0 Å². The molecule has 1 aliphatic heterocycles. The van der Waals surface area contributed by atoms with Gasteiger partial charge in [-0.1, -0.05) is 6.07 Å². The molecule has 4 heterocycles. The van der Waals surface area contributed by atoms with Gasteiger partial charge in [-0.3, -0.25) is 4.98 Å². The van der Waals surface area contributed by atoms with E-state index >= 15 is 0 Å². The lowest BCUT2D eigenvalue weighted by atomic mass is 10.1. The SMILES string of the molecule is Cc1[nH]c2cc(Nc3nc(OCCOc4cccnc4)nc(N4CCOCC4)n3)ccc2c1C. The fourth-order valence-corrected chi connectivity index (χ4v) is 3.78. The van der Waals surface area contributed by atoms with Crippen LogP contribution in [-0.2, 0) is 4.74 Å². The third kappa shape index (κ3) is 5.01. The van der Waals surface area contributed by atoms with Crippen LogP contribution >= 0.6 is 0 Å². The molecule has 5 rings (SSSR count). The monoisotopic (exact) mass is 461 g/mol. The maximum atomic E-state index is 5.82. The molecule has 1 saturated heterocycles. The van der Waals surface area contributed by atoms with Crippen molar-refractivity contribution in [2.75, 3.05) is 49.7 Å². The van der Waals surface area contributed by atoms with E-state index in [4.69, 9.17) is 14.2 Å². The second-order valence-electron chi connectivity index (χ2n) is 7.99. The van der Waals surface area contributed by atoms with Crippen molar-refractivity contribution in [3.8, 4) is 11.8 Å². The number of aromatic nitrogens is 5. The Bertz CT molecular complexity index is 1260. The lowest BCUT2D eigenvalue weighted by molar-refractivity contribution is 0.122. The second kappa shape index (κ2) is 9.92. The zero-order valence-electron chi connectivity index (χ0n) is 19.2. The zero-order valence-corrected chi connectivity index (χ0v) is 19.2. The first-order valence-corrected chi connectivity index (χ1v) is 11.3. The lowest BCUT2D eigenvalue weighted by Gasteiger charge is -2.27. The minimum absolute atomic E-state index is 0.237. The van der Waals surface area contributed by atoms with Gasteiger partial charge in [0.15, 0.2) is 0 Å². The molecule has 0 saturated carbocycles. The van der Waals surface area contributed by atoms with E-state index in [1.807, 2.05) is 18.2 Å². The number of fused-ring (bicyclic) bond motifs is 1. The van der Waals surface area contributed by atoms with Crippen LogP contribution in [0.2, 0.25) is 0 Å². The number of anilines is 3. The topological polar surface area (TPSA) is 110 Å². The number of pyridine rings is 1. The van der Waals surface area contributed by atoms with Crippen LogP contribution in [0.25, 0.3) is 10.9 Å². The van der Waals surface area contributed by atoms with E-state index in [-0.39, 0.29) is 12.6 Å². The molecule has 0 unspecified atom stereocenters. The molecule has 1 aromatic carbocycles. The predicted molar refractivity (Wildman–Crippen MR) is 129 cm³/mol. The van der Waals surface area contributed by atoms with Gasteiger partial charge in [0.2, 0.25) is 11.9 Å². The van der Waals surface area contributed by atoms with Gasteiger partial charge in [-0.05, 0) is 43.7 Å². The molecule has 0 aliphatic carbocycles. The highest BCUT2D eigenvalue weighted by Gasteiger charge is 2.17. The molecule has 2 N–H and O–H groups in total. The van der Waals surface area contributed by atoms with E-state index in [0.717, 1.165) is 16.9 Å². The van der Waals surface area contributed by atoms with E-state index in [1.54, 1.807) is 12.4 Å². The second-order valence-corrected chi connectivity index (χ2v) is 7.99. The Hall–Kier alpha value is -3.92. The summed E-state index contributed by atoms with van der Waals surface area (Å²) in [6.45, 7) is 7.49. The Morgan fingerprint density at radius 3 is 2.74 bits per heavy atom. The third-order valence-corrected chi connectivity index (χ3v) is 5.68. The first-order valence-electron chi connectivity index (χ1n) is 11.3. The third-order valence-electron chi connectivity index (χ3n) is 5.68. The van der Waals surface area contributed by atoms with Crippen LogP contribution in [0, 0.1) is 13.8 Å². The molecule has 0 radical (unpaired) electrons. The summed E-state index contributed by atoms with van der Waals surface area (Å²) in [6.07, 6.45) is 3.36. The molecule has 34 heavy (non-hydrogen) atoms. The van der Waals surface area contributed by atoms with Crippen molar-refractivity contribution in [3.05, 3.63) is 54.0 Å². The predicted octanol–water partition coefficient (Wildman–Crippen LogP) is 3.40. The summed E-state index contributed by atoms with van der Waals surface area (Å²) in [5.41, 5.74) is 4.34. The molecule has 10 nitrogen and oxygen atoms in total. The summed E-state index contributed by atoms with van der Waals surface area (Å²) >= 11 is 0. The number of ether oxygens (including phenoxy) is 3. The molecule has 1 fully saturated rings. The Kier molecular flexibility index (Phi) is 6.39.